The number of ether oxygens (including phenoxy) is 1. The first kappa shape index (κ1) is 17.9. The van der Waals surface area contributed by atoms with Crippen molar-refractivity contribution in [3.8, 4) is 0 Å². The molecule has 2 fully saturated rings. The first-order valence-corrected chi connectivity index (χ1v) is 9.14. The van der Waals surface area contributed by atoms with Crippen molar-refractivity contribution in [2.45, 2.75) is 57.0 Å². The monoisotopic (exact) mass is 348 g/mol. The number of likely N-dealkylation sites (tertiary alicyclic amines) is 1. The van der Waals surface area contributed by atoms with E-state index in [0.29, 0.717) is 31.3 Å². The molecule has 138 valence electrons. The molecule has 0 radical (unpaired) electrons. The van der Waals surface area contributed by atoms with Gasteiger partial charge >= 0.3 is 0 Å². The summed E-state index contributed by atoms with van der Waals surface area (Å²) >= 11 is 0. The molecule has 1 aliphatic carbocycles. The van der Waals surface area contributed by atoms with Crippen LogP contribution >= 0.6 is 0 Å². The van der Waals surface area contributed by atoms with Gasteiger partial charge in [-0.3, -0.25) is 14.3 Å². The molecule has 1 N–H and O–H groups in total. The minimum absolute atomic E-state index is 0.0419. The maximum absolute atomic E-state index is 13.3. The highest BCUT2D eigenvalue weighted by Gasteiger charge is 2.46. The number of aryl methyl sites for hydroxylation is 1. The lowest BCUT2D eigenvalue weighted by Gasteiger charge is -2.37. The standard InChI is InChI=1S/C18H28N4O3/c1-4-22-15(10-14(20-22)13-6-7-13)17(24)21-9-5-8-18(21,12-25-3)11-16(23)19-2/h10,13H,4-9,11-12H2,1-3H3,(H,19,23). The van der Waals surface area contributed by atoms with E-state index in [1.807, 2.05) is 17.9 Å². The van der Waals surface area contributed by atoms with Gasteiger partial charge in [-0.05, 0) is 38.7 Å². The van der Waals surface area contributed by atoms with E-state index < -0.39 is 5.54 Å². The average molecular weight is 348 g/mol. The third-order valence-corrected chi connectivity index (χ3v) is 5.34. The predicted octanol–water partition coefficient (Wildman–Crippen LogP) is 1.54. The molecule has 0 aromatic carbocycles. The van der Waals surface area contributed by atoms with Crippen LogP contribution in [0.2, 0.25) is 0 Å². The van der Waals surface area contributed by atoms with Crippen molar-refractivity contribution in [2.75, 3.05) is 27.3 Å². The van der Waals surface area contributed by atoms with Crippen molar-refractivity contribution in [3.63, 3.8) is 0 Å². The van der Waals surface area contributed by atoms with E-state index in [0.717, 1.165) is 31.4 Å². The van der Waals surface area contributed by atoms with Gasteiger partial charge in [-0.2, -0.15) is 5.10 Å². The van der Waals surface area contributed by atoms with Gasteiger partial charge in [0.05, 0.1) is 24.3 Å². The Morgan fingerprint density at radius 2 is 2.20 bits per heavy atom. The number of aromatic nitrogens is 2. The summed E-state index contributed by atoms with van der Waals surface area (Å²) in [5.41, 5.74) is 1.07. The van der Waals surface area contributed by atoms with Crippen LogP contribution in [0.1, 0.15) is 61.1 Å². The van der Waals surface area contributed by atoms with Crippen molar-refractivity contribution in [2.24, 2.45) is 0 Å². The van der Waals surface area contributed by atoms with Gasteiger partial charge in [0.1, 0.15) is 5.69 Å². The number of carbonyl (C=O) groups excluding carboxylic acids is 2. The summed E-state index contributed by atoms with van der Waals surface area (Å²) in [6.07, 6.45) is 4.22. The summed E-state index contributed by atoms with van der Waals surface area (Å²) in [5.74, 6) is 0.395. The van der Waals surface area contributed by atoms with Crippen LogP contribution in [0.4, 0.5) is 0 Å². The van der Waals surface area contributed by atoms with Crippen molar-refractivity contribution in [1.82, 2.24) is 20.0 Å². The Hall–Kier alpha value is -1.89. The van der Waals surface area contributed by atoms with Crippen molar-refractivity contribution in [1.29, 1.82) is 0 Å². The summed E-state index contributed by atoms with van der Waals surface area (Å²) in [7, 11) is 3.24. The SMILES string of the molecule is CCn1nc(C2CC2)cc1C(=O)N1CCCC1(COC)CC(=O)NC. The highest BCUT2D eigenvalue weighted by atomic mass is 16.5. The first-order chi connectivity index (χ1) is 12.0. The highest BCUT2D eigenvalue weighted by Crippen LogP contribution is 2.40. The molecule has 1 unspecified atom stereocenters. The van der Waals surface area contributed by atoms with Crippen LogP contribution in [-0.2, 0) is 16.1 Å². The average Bonchev–Trinajstić information content (AvgIpc) is 3.24. The maximum atomic E-state index is 13.3. The van der Waals surface area contributed by atoms with E-state index in [1.54, 1.807) is 18.8 Å². The van der Waals surface area contributed by atoms with Crippen LogP contribution in [-0.4, -0.2) is 59.3 Å². The molecular formula is C18H28N4O3. The Balaban J connectivity index is 1.89. The smallest absolute Gasteiger partial charge is 0.272 e. The van der Waals surface area contributed by atoms with Gasteiger partial charge in [0.25, 0.3) is 5.91 Å². The number of carbonyl (C=O) groups is 2. The molecule has 7 heteroatoms. The van der Waals surface area contributed by atoms with Gasteiger partial charge in [0.15, 0.2) is 0 Å². The fourth-order valence-electron chi connectivity index (χ4n) is 3.86. The molecule has 0 bridgehead atoms. The Morgan fingerprint density at radius 3 is 2.80 bits per heavy atom. The van der Waals surface area contributed by atoms with Gasteiger partial charge in [-0.25, -0.2) is 0 Å². The third kappa shape index (κ3) is 3.42. The van der Waals surface area contributed by atoms with E-state index in [9.17, 15) is 9.59 Å². The number of nitrogens with one attached hydrogen (secondary N) is 1. The molecule has 2 amide bonds. The molecule has 1 aliphatic heterocycles. The Morgan fingerprint density at radius 1 is 1.44 bits per heavy atom. The largest absolute Gasteiger partial charge is 0.382 e. The van der Waals surface area contributed by atoms with Crippen LogP contribution in [0, 0.1) is 0 Å². The zero-order chi connectivity index (χ0) is 18.0. The topological polar surface area (TPSA) is 76.5 Å². The molecule has 0 spiro atoms. The van der Waals surface area contributed by atoms with Crippen molar-refractivity contribution >= 4 is 11.8 Å². The zero-order valence-corrected chi connectivity index (χ0v) is 15.4. The van der Waals surface area contributed by atoms with Gasteiger partial charge < -0.3 is 15.0 Å². The molecule has 2 aliphatic rings. The Bertz CT molecular complexity index is 653. The first-order valence-electron chi connectivity index (χ1n) is 9.14. The fourth-order valence-corrected chi connectivity index (χ4v) is 3.86. The molecule has 1 aromatic rings. The van der Waals surface area contributed by atoms with Gasteiger partial charge in [-0.1, -0.05) is 0 Å². The number of hydrogen-bond acceptors (Lipinski definition) is 4. The minimum atomic E-state index is -0.575. The lowest BCUT2D eigenvalue weighted by molar-refractivity contribution is -0.123. The Kier molecular flexibility index (Phi) is 5.13. The van der Waals surface area contributed by atoms with E-state index in [4.69, 9.17) is 4.74 Å². The molecule has 25 heavy (non-hydrogen) atoms. The second kappa shape index (κ2) is 7.15. The quantitative estimate of drug-likeness (QED) is 0.811. The van der Waals surface area contributed by atoms with Crippen molar-refractivity contribution in [3.05, 3.63) is 17.5 Å². The van der Waals surface area contributed by atoms with Gasteiger partial charge in [0, 0.05) is 33.2 Å². The van der Waals surface area contributed by atoms with E-state index >= 15 is 0 Å². The van der Waals surface area contributed by atoms with E-state index in [1.165, 1.54) is 0 Å². The predicted molar refractivity (Wildman–Crippen MR) is 93.4 cm³/mol. The molecule has 3 rings (SSSR count). The minimum Gasteiger partial charge on any atom is -0.382 e. The van der Waals surface area contributed by atoms with Crippen molar-refractivity contribution < 1.29 is 14.3 Å². The number of nitrogens with zero attached hydrogens (tertiary/aromatic N) is 3. The summed E-state index contributed by atoms with van der Waals surface area (Å²) in [4.78, 5) is 27.2. The molecule has 2 heterocycles. The van der Waals surface area contributed by atoms with Gasteiger partial charge in [-0.15, -0.1) is 0 Å². The van der Waals surface area contributed by atoms with Crippen LogP contribution in [0.3, 0.4) is 0 Å². The van der Waals surface area contributed by atoms with Crippen LogP contribution in [0.25, 0.3) is 0 Å². The summed E-state index contributed by atoms with van der Waals surface area (Å²) in [6, 6.07) is 1.94. The highest BCUT2D eigenvalue weighted by molar-refractivity contribution is 5.94. The fraction of sp³-hybridized carbons (Fsp3) is 0.722. The molecule has 1 aromatic heterocycles. The lowest BCUT2D eigenvalue weighted by Crippen LogP contribution is -2.53. The zero-order valence-electron chi connectivity index (χ0n) is 15.4. The van der Waals surface area contributed by atoms with Crippen LogP contribution in [0.5, 0.6) is 0 Å². The normalized spacial score (nSPS) is 23.1. The molecule has 7 nitrogen and oxygen atoms in total. The van der Waals surface area contributed by atoms with Gasteiger partial charge in [0.2, 0.25) is 5.91 Å². The molecule has 1 saturated carbocycles. The molecule has 1 atom stereocenters. The molecule has 1 saturated heterocycles. The molecular weight excluding hydrogens is 320 g/mol. The van der Waals surface area contributed by atoms with E-state index in [2.05, 4.69) is 10.4 Å². The lowest BCUT2D eigenvalue weighted by atomic mass is 9.92. The third-order valence-electron chi connectivity index (χ3n) is 5.34. The van der Waals surface area contributed by atoms with Crippen LogP contribution in [0.15, 0.2) is 6.07 Å². The Labute approximate surface area is 148 Å². The summed E-state index contributed by atoms with van der Waals surface area (Å²) in [6.45, 7) is 3.67. The second-order valence-electron chi connectivity index (χ2n) is 7.11. The number of amides is 2. The number of methoxy groups -OCH3 is 1. The maximum Gasteiger partial charge on any atom is 0.272 e. The van der Waals surface area contributed by atoms with Crippen LogP contribution < -0.4 is 5.32 Å². The second-order valence-corrected chi connectivity index (χ2v) is 7.11. The summed E-state index contributed by atoms with van der Waals surface area (Å²) < 4.78 is 7.20. The number of hydrogen-bond donors (Lipinski definition) is 1. The number of rotatable bonds is 7. The summed E-state index contributed by atoms with van der Waals surface area (Å²) in [5, 5.41) is 7.29. The van der Waals surface area contributed by atoms with E-state index in [-0.39, 0.29) is 18.2 Å².